The van der Waals surface area contributed by atoms with Crippen LogP contribution in [0.5, 0.6) is 5.75 Å². The molecule has 1 amide bonds. The molecule has 0 aliphatic rings. The average molecular weight is 536 g/mol. The number of hydrogen-bond donors (Lipinski definition) is 1. The van der Waals surface area contributed by atoms with Gasteiger partial charge in [0.1, 0.15) is 12.4 Å². The van der Waals surface area contributed by atoms with Crippen LogP contribution >= 0.6 is 0 Å². The molecule has 9 heteroatoms. The molecule has 0 aromatic heterocycles. The second-order valence-electron chi connectivity index (χ2n) is 10.1. The standard InChI is InChI=1S/C29H45NO8/c1-21(2)18-23(28(33)26(31)12-9-13-37-24-10-7-6-8-11-24)20-27(32)25(19-22(3)4)30-29(34)38-17-16-36-15-14-35-5/h6-8,10-11,21-23,25H,9,12-20H2,1-5H3,(H,30,34)/t23-,25+/m1/s1. The number of benzene rings is 1. The SMILES string of the molecule is COCCOCCOC(=O)N[C@@H](CC(C)C)C(=O)C[C@@H](CC(C)C)C(=O)C(=O)CCCOc1ccccc1. The summed E-state index contributed by atoms with van der Waals surface area (Å²) in [6.45, 7) is 9.16. The largest absolute Gasteiger partial charge is 0.494 e. The lowest BCUT2D eigenvalue weighted by atomic mass is 9.84. The van der Waals surface area contributed by atoms with E-state index in [1.807, 2.05) is 58.0 Å². The van der Waals surface area contributed by atoms with Gasteiger partial charge in [0.25, 0.3) is 0 Å². The number of ether oxygens (including phenoxy) is 4. The topological polar surface area (TPSA) is 117 Å². The number of Topliss-reactive ketones (excluding diaryl/α,β-unsaturated/α-hetero) is 3. The van der Waals surface area contributed by atoms with E-state index < -0.39 is 29.6 Å². The van der Waals surface area contributed by atoms with Gasteiger partial charge in [0, 0.05) is 25.9 Å². The number of alkyl carbamates (subject to hydrolysis) is 1. The van der Waals surface area contributed by atoms with Crippen LogP contribution in [0.15, 0.2) is 30.3 Å². The Morgan fingerprint density at radius 3 is 2.13 bits per heavy atom. The van der Waals surface area contributed by atoms with Crippen molar-refractivity contribution in [1.82, 2.24) is 5.32 Å². The zero-order valence-corrected chi connectivity index (χ0v) is 23.5. The Balaban J connectivity index is 2.66. The molecule has 38 heavy (non-hydrogen) atoms. The molecule has 0 fully saturated rings. The summed E-state index contributed by atoms with van der Waals surface area (Å²) in [5, 5.41) is 2.63. The molecule has 0 aliphatic heterocycles. The third-order valence-corrected chi connectivity index (χ3v) is 5.69. The second-order valence-corrected chi connectivity index (χ2v) is 10.1. The van der Waals surface area contributed by atoms with Crippen LogP contribution in [0.1, 0.15) is 59.8 Å². The Labute approximate surface area is 226 Å². The fraction of sp³-hybridized carbons (Fsp3) is 0.655. The van der Waals surface area contributed by atoms with Crippen molar-refractivity contribution >= 4 is 23.4 Å². The van der Waals surface area contributed by atoms with Crippen LogP contribution in [-0.4, -0.2) is 69.6 Å². The molecule has 0 radical (unpaired) electrons. The predicted molar refractivity (Wildman–Crippen MR) is 144 cm³/mol. The minimum Gasteiger partial charge on any atom is -0.494 e. The van der Waals surface area contributed by atoms with E-state index in [1.165, 1.54) is 0 Å². The molecule has 1 N–H and O–H groups in total. The van der Waals surface area contributed by atoms with Gasteiger partial charge in [-0.15, -0.1) is 0 Å². The van der Waals surface area contributed by atoms with Crippen molar-refractivity contribution in [1.29, 1.82) is 0 Å². The van der Waals surface area contributed by atoms with Crippen LogP contribution in [0.25, 0.3) is 0 Å². The first-order valence-corrected chi connectivity index (χ1v) is 13.4. The third-order valence-electron chi connectivity index (χ3n) is 5.69. The van der Waals surface area contributed by atoms with Gasteiger partial charge in [0.15, 0.2) is 11.6 Å². The number of carbonyl (C=O) groups is 4. The first-order chi connectivity index (χ1) is 18.1. The van der Waals surface area contributed by atoms with Gasteiger partial charge in [-0.25, -0.2) is 4.79 Å². The van der Waals surface area contributed by atoms with Crippen LogP contribution < -0.4 is 10.1 Å². The van der Waals surface area contributed by atoms with Gasteiger partial charge in [-0.2, -0.15) is 0 Å². The second kappa shape index (κ2) is 19.3. The van der Waals surface area contributed by atoms with Gasteiger partial charge in [0.05, 0.1) is 32.5 Å². The molecule has 0 saturated heterocycles. The number of hydrogen-bond acceptors (Lipinski definition) is 8. The normalized spacial score (nSPS) is 12.7. The first-order valence-electron chi connectivity index (χ1n) is 13.4. The number of para-hydroxylation sites is 1. The minimum atomic E-state index is -0.811. The zero-order valence-electron chi connectivity index (χ0n) is 23.5. The summed E-state index contributed by atoms with van der Waals surface area (Å²) in [6, 6.07) is 8.44. The molecule has 0 heterocycles. The Morgan fingerprint density at radius 1 is 0.842 bits per heavy atom. The number of carbonyl (C=O) groups excluding carboxylic acids is 4. The predicted octanol–water partition coefficient (Wildman–Crippen LogP) is 4.41. The highest BCUT2D eigenvalue weighted by atomic mass is 16.6. The molecule has 9 nitrogen and oxygen atoms in total. The highest BCUT2D eigenvalue weighted by Gasteiger charge is 2.31. The van der Waals surface area contributed by atoms with Gasteiger partial charge in [-0.05, 0) is 43.2 Å². The minimum absolute atomic E-state index is 0.0368. The monoisotopic (exact) mass is 535 g/mol. The van der Waals surface area contributed by atoms with Crippen molar-refractivity contribution in [3.8, 4) is 5.75 Å². The average Bonchev–Trinajstić information content (AvgIpc) is 2.87. The van der Waals surface area contributed by atoms with Gasteiger partial charge in [-0.1, -0.05) is 45.9 Å². The summed E-state index contributed by atoms with van der Waals surface area (Å²) in [5.41, 5.74) is 0. The van der Waals surface area contributed by atoms with E-state index in [0.29, 0.717) is 44.8 Å². The summed E-state index contributed by atoms with van der Waals surface area (Å²) in [7, 11) is 1.57. The van der Waals surface area contributed by atoms with Crippen LogP contribution in [0, 0.1) is 17.8 Å². The number of nitrogens with one attached hydrogen (secondary N) is 1. The van der Waals surface area contributed by atoms with Crippen LogP contribution in [0.4, 0.5) is 4.79 Å². The Hall–Kier alpha value is -2.78. The van der Waals surface area contributed by atoms with E-state index >= 15 is 0 Å². The van der Waals surface area contributed by atoms with Crippen molar-refractivity contribution < 1.29 is 38.1 Å². The van der Waals surface area contributed by atoms with Crippen molar-refractivity contribution in [3.63, 3.8) is 0 Å². The number of amides is 1. The molecule has 0 aliphatic carbocycles. The van der Waals surface area contributed by atoms with Crippen LogP contribution in [-0.2, 0) is 28.6 Å². The Kier molecular flexibility index (Phi) is 16.9. The van der Waals surface area contributed by atoms with E-state index in [0.717, 1.165) is 0 Å². The van der Waals surface area contributed by atoms with E-state index in [2.05, 4.69) is 5.32 Å². The molecule has 2 atom stereocenters. The third kappa shape index (κ3) is 14.8. The van der Waals surface area contributed by atoms with Crippen molar-refractivity contribution in [2.45, 2.75) is 65.8 Å². The maximum atomic E-state index is 13.2. The van der Waals surface area contributed by atoms with E-state index in [1.54, 1.807) is 7.11 Å². The smallest absolute Gasteiger partial charge is 0.407 e. The zero-order chi connectivity index (χ0) is 28.3. The maximum absolute atomic E-state index is 13.2. The quantitative estimate of drug-likeness (QED) is 0.182. The fourth-order valence-corrected chi connectivity index (χ4v) is 3.89. The van der Waals surface area contributed by atoms with Gasteiger partial charge < -0.3 is 24.3 Å². The lowest BCUT2D eigenvalue weighted by Crippen LogP contribution is -2.43. The van der Waals surface area contributed by atoms with Crippen LogP contribution in [0.3, 0.4) is 0 Å². The summed E-state index contributed by atoms with van der Waals surface area (Å²) < 4.78 is 20.9. The van der Waals surface area contributed by atoms with E-state index in [-0.39, 0.29) is 43.7 Å². The summed E-state index contributed by atoms with van der Waals surface area (Å²) >= 11 is 0. The number of methoxy groups -OCH3 is 1. The van der Waals surface area contributed by atoms with Gasteiger partial charge >= 0.3 is 6.09 Å². The molecule has 0 bridgehead atoms. The highest BCUT2D eigenvalue weighted by Crippen LogP contribution is 2.21. The summed E-state index contributed by atoms with van der Waals surface area (Å²) in [5.74, 6) is -1.11. The molecule has 1 aromatic carbocycles. The lowest BCUT2D eigenvalue weighted by Gasteiger charge is -2.23. The first kappa shape index (κ1) is 33.2. The molecule has 214 valence electrons. The highest BCUT2D eigenvalue weighted by molar-refractivity contribution is 6.38. The number of rotatable bonds is 21. The molecule has 1 rings (SSSR count). The van der Waals surface area contributed by atoms with E-state index in [4.69, 9.17) is 18.9 Å². The van der Waals surface area contributed by atoms with Crippen molar-refractivity contribution in [3.05, 3.63) is 30.3 Å². The molecule has 0 saturated carbocycles. The van der Waals surface area contributed by atoms with Crippen molar-refractivity contribution in [2.75, 3.05) is 40.1 Å². The maximum Gasteiger partial charge on any atom is 0.407 e. The Bertz CT molecular complexity index is 840. The molecule has 1 aromatic rings. The van der Waals surface area contributed by atoms with Crippen molar-refractivity contribution in [2.24, 2.45) is 17.8 Å². The molecular formula is C29H45NO8. The summed E-state index contributed by atoms with van der Waals surface area (Å²) in [6.07, 6.45) is 0.434. The lowest BCUT2D eigenvalue weighted by molar-refractivity contribution is -0.140. The van der Waals surface area contributed by atoms with Gasteiger partial charge in [0.2, 0.25) is 5.78 Å². The van der Waals surface area contributed by atoms with Gasteiger partial charge in [-0.3, -0.25) is 14.4 Å². The van der Waals surface area contributed by atoms with Crippen LogP contribution in [0.2, 0.25) is 0 Å². The molecule has 0 spiro atoms. The molecular weight excluding hydrogens is 490 g/mol. The number of ketones is 3. The fourth-order valence-electron chi connectivity index (χ4n) is 3.89. The Morgan fingerprint density at radius 2 is 1.50 bits per heavy atom. The summed E-state index contributed by atoms with van der Waals surface area (Å²) in [4.78, 5) is 51.2. The van der Waals surface area contributed by atoms with E-state index in [9.17, 15) is 19.2 Å². The molecule has 0 unspecified atom stereocenters.